The van der Waals surface area contributed by atoms with Gasteiger partial charge in [0, 0.05) is 5.39 Å². The van der Waals surface area contributed by atoms with Gasteiger partial charge >= 0.3 is 5.97 Å². The smallest absolute Gasteiger partial charge is 0.339 e. The number of H-pyrrole nitrogens is 1. The summed E-state index contributed by atoms with van der Waals surface area (Å²) < 4.78 is 4.66. The lowest BCUT2D eigenvalue weighted by molar-refractivity contribution is 0.0602. The third kappa shape index (κ3) is 2.94. The molecule has 0 aliphatic carbocycles. The molecule has 0 fully saturated rings. The first-order chi connectivity index (χ1) is 12.0. The van der Waals surface area contributed by atoms with Gasteiger partial charge in [0.2, 0.25) is 0 Å². The number of ether oxygens (including phenoxy) is 1. The summed E-state index contributed by atoms with van der Waals surface area (Å²) in [5.41, 5.74) is -0.444. The molecular formula is C18H14N2O5. The van der Waals surface area contributed by atoms with Gasteiger partial charge in [0.05, 0.1) is 23.9 Å². The van der Waals surface area contributed by atoms with E-state index in [4.69, 9.17) is 0 Å². The standard InChI is InChI=1S/C18H14N2O5/c1-25-18(24)11-7-3-5-9-13(11)20-17(23)14-15(21)10-6-2-4-8-12(10)19-16(14)22/h2-9H,1H3,(H,20,23)(H2,19,21,22). The molecule has 25 heavy (non-hydrogen) atoms. The van der Waals surface area contributed by atoms with E-state index >= 15 is 0 Å². The number of hydrogen-bond acceptors (Lipinski definition) is 5. The number of pyridine rings is 1. The number of nitrogens with one attached hydrogen (secondary N) is 2. The molecule has 0 aliphatic heterocycles. The Morgan fingerprint density at radius 3 is 2.52 bits per heavy atom. The number of carbonyl (C=O) groups excluding carboxylic acids is 2. The number of amides is 1. The van der Waals surface area contributed by atoms with Crippen molar-refractivity contribution in [2.75, 3.05) is 12.4 Å². The lowest BCUT2D eigenvalue weighted by atomic mass is 10.1. The van der Waals surface area contributed by atoms with Crippen LogP contribution in [0.5, 0.6) is 5.75 Å². The van der Waals surface area contributed by atoms with Gasteiger partial charge in [0.1, 0.15) is 11.3 Å². The molecule has 3 aromatic rings. The lowest BCUT2D eigenvalue weighted by Gasteiger charge is -2.11. The van der Waals surface area contributed by atoms with Crippen LogP contribution in [-0.4, -0.2) is 29.1 Å². The molecule has 3 N–H and O–H groups in total. The second kappa shape index (κ2) is 6.48. The van der Waals surface area contributed by atoms with E-state index in [1.54, 1.807) is 36.4 Å². The second-order valence-electron chi connectivity index (χ2n) is 5.21. The molecule has 0 saturated heterocycles. The first-order valence-corrected chi connectivity index (χ1v) is 7.35. The molecular weight excluding hydrogens is 324 g/mol. The fourth-order valence-electron chi connectivity index (χ4n) is 2.50. The number of hydrogen-bond donors (Lipinski definition) is 3. The highest BCUT2D eigenvalue weighted by atomic mass is 16.5. The maximum Gasteiger partial charge on any atom is 0.339 e. The molecule has 0 aliphatic rings. The molecule has 1 heterocycles. The quantitative estimate of drug-likeness (QED) is 0.635. The van der Waals surface area contributed by atoms with Gasteiger partial charge in [-0.2, -0.15) is 0 Å². The Labute approximate surface area is 141 Å². The van der Waals surface area contributed by atoms with E-state index in [1.807, 2.05) is 0 Å². The van der Waals surface area contributed by atoms with Gasteiger partial charge in [-0.15, -0.1) is 0 Å². The molecule has 2 aromatic carbocycles. The zero-order valence-corrected chi connectivity index (χ0v) is 13.2. The summed E-state index contributed by atoms with van der Waals surface area (Å²) in [5.74, 6) is -1.89. The normalized spacial score (nSPS) is 10.4. The Balaban J connectivity index is 2.05. The number of anilines is 1. The summed E-state index contributed by atoms with van der Waals surface area (Å²) in [6.07, 6.45) is 0. The summed E-state index contributed by atoms with van der Waals surface area (Å²) in [6, 6.07) is 12.8. The molecule has 7 nitrogen and oxygen atoms in total. The van der Waals surface area contributed by atoms with Gasteiger partial charge in [0.25, 0.3) is 11.5 Å². The maximum atomic E-state index is 12.5. The molecule has 126 valence electrons. The Hall–Kier alpha value is -3.61. The minimum atomic E-state index is -0.833. The number of benzene rings is 2. The first-order valence-electron chi connectivity index (χ1n) is 7.35. The van der Waals surface area contributed by atoms with Crippen molar-refractivity contribution in [3.8, 4) is 5.75 Å². The zero-order valence-electron chi connectivity index (χ0n) is 13.2. The van der Waals surface area contributed by atoms with Gasteiger partial charge < -0.3 is 20.1 Å². The molecule has 0 bridgehead atoms. The van der Waals surface area contributed by atoms with Crippen LogP contribution >= 0.6 is 0 Å². The Morgan fingerprint density at radius 1 is 1.08 bits per heavy atom. The summed E-state index contributed by atoms with van der Waals surface area (Å²) in [6.45, 7) is 0. The van der Waals surface area contributed by atoms with Crippen LogP contribution in [-0.2, 0) is 4.74 Å². The molecule has 0 unspecified atom stereocenters. The van der Waals surface area contributed by atoms with Crippen LogP contribution in [0, 0.1) is 0 Å². The van der Waals surface area contributed by atoms with Crippen molar-refractivity contribution >= 4 is 28.5 Å². The molecule has 3 rings (SSSR count). The number of rotatable bonds is 3. The SMILES string of the molecule is COC(=O)c1ccccc1NC(=O)c1c(O)c2ccccc2[nH]c1=O. The molecule has 0 saturated carbocycles. The second-order valence-corrected chi connectivity index (χ2v) is 5.21. The van der Waals surface area contributed by atoms with Crippen LogP contribution in [0.2, 0.25) is 0 Å². The van der Waals surface area contributed by atoms with Crippen LogP contribution in [0.1, 0.15) is 20.7 Å². The van der Waals surface area contributed by atoms with E-state index in [0.29, 0.717) is 10.9 Å². The van der Waals surface area contributed by atoms with Crippen molar-refractivity contribution in [2.45, 2.75) is 0 Å². The van der Waals surface area contributed by atoms with E-state index < -0.39 is 28.7 Å². The third-order valence-electron chi connectivity index (χ3n) is 3.70. The predicted molar refractivity (Wildman–Crippen MR) is 92.0 cm³/mol. The number of esters is 1. The average molecular weight is 338 g/mol. The zero-order chi connectivity index (χ0) is 18.0. The highest BCUT2D eigenvalue weighted by Crippen LogP contribution is 2.25. The fraction of sp³-hybridized carbons (Fsp3) is 0.0556. The molecule has 0 radical (unpaired) electrons. The van der Waals surface area contributed by atoms with Crippen LogP contribution in [0.4, 0.5) is 5.69 Å². The summed E-state index contributed by atoms with van der Waals surface area (Å²) in [4.78, 5) is 39.0. The Kier molecular flexibility index (Phi) is 4.21. The highest BCUT2D eigenvalue weighted by molar-refractivity contribution is 6.11. The first kappa shape index (κ1) is 16.3. The molecule has 0 atom stereocenters. The number of methoxy groups -OCH3 is 1. The van der Waals surface area contributed by atoms with E-state index in [-0.39, 0.29) is 11.3 Å². The van der Waals surface area contributed by atoms with Crippen molar-refractivity contribution in [3.63, 3.8) is 0 Å². The monoisotopic (exact) mass is 338 g/mol. The number of para-hydroxylation sites is 2. The van der Waals surface area contributed by atoms with Gasteiger partial charge in [-0.05, 0) is 24.3 Å². The molecule has 1 amide bonds. The number of aromatic amines is 1. The van der Waals surface area contributed by atoms with Crippen LogP contribution < -0.4 is 10.9 Å². The highest BCUT2D eigenvalue weighted by Gasteiger charge is 2.21. The molecule has 7 heteroatoms. The van der Waals surface area contributed by atoms with Gasteiger partial charge in [-0.1, -0.05) is 24.3 Å². The minimum Gasteiger partial charge on any atom is -0.506 e. The van der Waals surface area contributed by atoms with Crippen LogP contribution in [0.25, 0.3) is 10.9 Å². The largest absolute Gasteiger partial charge is 0.506 e. The number of aromatic nitrogens is 1. The van der Waals surface area contributed by atoms with Crippen molar-refractivity contribution in [1.29, 1.82) is 0 Å². The topological polar surface area (TPSA) is 108 Å². The maximum absolute atomic E-state index is 12.5. The van der Waals surface area contributed by atoms with Crippen molar-refractivity contribution in [1.82, 2.24) is 4.98 Å². The number of carbonyl (C=O) groups is 2. The van der Waals surface area contributed by atoms with E-state index in [9.17, 15) is 19.5 Å². The Morgan fingerprint density at radius 2 is 1.76 bits per heavy atom. The van der Waals surface area contributed by atoms with Crippen molar-refractivity contribution < 1.29 is 19.4 Å². The summed E-state index contributed by atoms with van der Waals surface area (Å²) in [5, 5.41) is 13.1. The predicted octanol–water partition coefficient (Wildman–Crippen LogP) is 2.27. The van der Waals surface area contributed by atoms with Gasteiger partial charge in [-0.25, -0.2) is 4.79 Å². The van der Waals surface area contributed by atoms with Crippen LogP contribution in [0.15, 0.2) is 53.3 Å². The summed E-state index contributed by atoms with van der Waals surface area (Å²) >= 11 is 0. The van der Waals surface area contributed by atoms with Crippen LogP contribution in [0.3, 0.4) is 0 Å². The molecule has 1 aromatic heterocycles. The Bertz CT molecular complexity index is 1040. The van der Waals surface area contributed by atoms with Crippen molar-refractivity contribution in [2.24, 2.45) is 0 Å². The molecule has 0 spiro atoms. The van der Waals surface area contributed by atoms with E-state index in [2.05, 4.69) is 15.0 Å². The lowest BCUT2D eigenvalue weighted by Crippen LogP contribution is -2.24. The number of aromatic hydroxyl groups is 1. The third-order valence-corrected chi connectivity index (χ3v) is 3.70. The fourth-order valence-corrected chi connectivity index (χ4v) is 2.50. The van der Waals surface area contributed by atoms with Gasteiger partial charge in [0.15, 0.2) is 0 Å². The van der Waals surface area contributed by atoms with E-state index in [0.717, 1.165) is 0 Å². The van der Waals surface area contributed by atoms with Gasteiger partial charge in [-0.3, -0.25) is 9.59 Å². The number of fused-ring (bicyclic) bond motifs is 1. The average Bonchev–Trinajstić information content (AvgIpc) is 2.61. The van der Waals surface area contributed by atoms with E-state index in [1.165, 1.54) is 19.2 Å². The summed E-state index contributed by atoms with van der Waals surface area (Å²) in [7, 11) is 1.22. The van der Waals surface area contributed by atoms with Crippen molar-refractivity contribution in [3.05, 3.63) is 70.0 Å². The minimum absolute atomic E-state index is 0.134.